The van der Waals surface area contributed by atoms with Crippen LogP contribution in [0.1, 0.15) is 324 Å². The molecule has 0 saturated carbocycles. The molecule has 0 aliphatic rings. The average Bonchev–Trinajstić information content (AvgIpc) is 3.38. The molecule has 0 aromatic heterocycles. The zero-order valence-electron chi connectivity index (χ0n) is 48.8. The first kappa shape index (κ1) is 70.2. The second kappa shape index (κ2) is 61.7. The van der Waals surface area contributed by atoms with Crippen molar-refractivity contribution in [3.8, 4) is 0 Å². The summed E-state index contributed by atoms with van der Waals surface area (Å²) in [5.41, 5.74) is 0. The van der Waals surface area contributed by atoms with Gasteiger partial charge in [0, 0.05) is 26.4 Å². The van der Waals surface area contributed by atoms with Crippen LogP contribution in [0.25, 0.3) is 0 Å². The fourth-order valence-electron chi connectivity index (χ4n) is 8.96. The molecule has 2 unspecified atom stereocenters. The summed E-state index contributed by atoms with van der Waals surface area (Å²) in [4.78, 5) is 0. The Morgan fingerprint density at radius 3 is 0.775 bits per heavy atom. The molecule has 7 heteroatoms. The third kappa shape index (κ3) is 55.3. The van der Waals surface area contributed by atoms with Gasteiger partial charge in [-0.05, 0) is 102 Å². The summed E-state index contributed by atoms with van der Waals surface area (Å²) in [6.07, 6.45) is 62.6. The Kier molecular flexibility index (Phi) is 61.0. The highest BCUT2D eigenvalue weighted by Gasteiger charge is 2.15. The zero-order valence-corrected chi connectivity index (χ0v) is 48.8. The Morgan fingerprint density at radius 1 is 0.239 bits per heavy atom. The van der Waals surface area contributed by atoms with Gasteiger partial charge in [0.25, 0.3) is 0 Å². The summed E-state index contributed by atoms with van der Waals surface area (Å²) < 4.78 is 43.9. The Labute approximate surface area is 444 Å². The van der Waals surface area contributed by atoms with Gasteiger partial charge in [-0.15, -0.1) is 0 Å². The summed E-state index contributed by atoms with van der Waals surface area (Å²) in [7, 11) is 0. The molecule has 0 heterocycles. The van der Waals surface area contributed by atoms with E-state index in [2.05, 4.69) is 65.8 Å². The van der Waals surface area contributed by atoms with E-state index in [9.17, 15) is 0 Å². The molecule has 0 fully saturated rings. The zero-order chi connectivity index (χ0) is 51.4. The summed E-state index contributed by atoms with van der Waals surface area (Å²) in [5.74, 6) is 0. The normalized spacial score (nSPS) is 13.1. The lowest BCUT2D eigenvalue weighted by Crippen LogP contribution is -2.25. The van der Waals surface area contributed by atoms with Crippen molar-refractivity contribution in [2.75, 3.05) is 39.6 Å². The van der Waals surface area contributed by atoms with E-state index in [1.807, 2.05) is 0 Å². The fourth-order valence-corrected chi connectivity index (χ4v) is 8.96. The van der Waals surface area contributed by atoms with Crippen molar-refractivity contribution in [2.45, 2.75) is 349 Å². The van der Waals surface area contributed by atoms with Crippen LogP contribution in [-0.2, 0) is 33.2 Å². The Bertz CT molecular complexity index is 919. The predicted octanol–water partition coefficient (Wildman–Crippen LogP) is 20.8. The van der Waals surface area contributed by atoms with Crippen LogP contribution in [0, 0.1) is 0 Å². The molecule has 0 aromatic rings. The molecule has 0 aliphatic heterocycles. The molecule has 0 amide bonds. The number of rotatable bonds is 62. The second-order valence-corrected chi connectivity index (χ2v) is 21.0. The van der Waals surface area contributed by atoms with Gasteiger partial charge >= 0.3 is 0 Å². The van der Waals surface area contributed by atoms with E-state index in [-0.39, 0.29) is 25.2 Å². The molecule has 0 rings (SSSR count). The maximum atomic E-state index is 6.59. The van der Waals surface area contributed by atoms with Crippen LogP contribution < -0.4 is 0 Å². The molecular formula is C64H126O7. The van der Waals surface area contributed by atoms with Crippen molar-refractivity contribution >= 4 is 0 Å². The lowest BCUT2D eigenvalue weighted by atomic mass is 10.1. The molecule has 424 valence electrons. The molecule has 0 aliphatic carbocycles. The van der Waals surface area contributed by atoms with E-state index < -0.39 is 0 Å². The summed E-state index contributed by atoms with van der Waals surface area (Å²) in [5, 5.41) is 0. The molecule has 0 saturated heterocycles. The molecule has 0 spiro atoms. The maximum Gasteiger partial charge on any atom is 0.180 e. The average molecular weight is 1010 g/mol. The Morgan fingerprint density at radius 2 is 0.465 bits per heavy atom. The number of hydrogen-bond acceptors (Lipinski definition) is 7. The third-order valence-electron chi connectivity index (χ3n) is 13.7. The van der Waals surface area contributed by atoms with Crippen LogP contribution in [-0.4, -0.2) is 64.8 Å². The van der Waals surface area contributed by atoms with Crippen LogP contribution in [0.3, 0.4) is 0 Å². The first-order valence-corrected chi connectivity index (χ1v) is 31.8. The lowest BCUT2D eigenvalue weighted by Gasteiger charge is -2.22. The molecule has 0 bridgehead atoms. The van der Waals surface area contributed by atoms with E-state index >= 15 is 0 Å². The molecule has 2 atom stereocenters. The first-order valence-electron chi connectivity index (χ1n) is 31.8. The van der Waals surface area contributed by atoms with Gasteiger partial charge in [-0.2, -0.15) is 0 Å². The number of allylic oxidation sites excluding steroid dienone is 2. The predicted molar refractivity (Wildman–Crippen MR) is 307 cm³/mol. The van der Waals surface area contributed by atoms with Gasteiger partial charge < -0.3 is 33.2 Å². The van der Waals surface area contributed by atoms with Crippen LogP contribution >= 0.6 is 0 Å². The Balaban J connectivity index is 4.73. The SMILES string of the molecule is CCCCCCCOC(C=CCCCCCCCCCCCC(OCCCCC)OCCCCC)OC(C=CCCCCCCCCCCCC(OCCCCC)OCCCCC)OCCCCCCC. The van der Waals surface area contributed by atoms with Crippen molar-refractivity contribution in [3.05, 3.63) is 24.3 Å². The highest BCUT2D eigenvalue weighted by atomic mass is 16.8. The third-order valence-corrected chi connectivity index (χ3v) is 13.7. The Hall–Kier alpha value is -0.800. The highest BCUT2D eigenvalue weighted by molar-refractivity contribution is 4.90. The quantitative estimate of drug-likeness (QED) is 0.0342. The lowest BCUT2D eigenvalue weighted by molar-refractivity contribution is -0.208. The largest absolute Gasteiger partial charge is 0.353 e. The van der Waals surface area contributed by atoms with Gasteiger partial charge in [-0.25, -0.2) is 0 Å². The summed E-state index contributed by atoms with van der Waals surface area (Å²) >= 11 is 0. The minimum atomic E-state index is -0.374. The maximum absolute atomic E-state index is 6.59. The monoisotopic (exact) mass is 1010 g/mol. The van der Waals surface area contributed by atoms with Crippen molar-refractivity contribution in [1.82, 2.24) is 0 Å². The van der Waals surface area contributed by atoms with Crippen LogP contribution in [0.15, 0.2) is 24.3 Å². The van der Waals surface area contributed by atoms with Crippen molar-refractivity contribution < 1.29 is 33.2 Å². The molecule has 0 radical (unpaired) electrons. The molecule has 0 aromatic carbocycles. The second-order valence-electron chi connectivity index (χ2n) is 21.0. The number of hydrogen-bond donors (Lipinski definition) is 0. The van der Waals surface area contributed by atoms with Gasteiger partial charge in [-0.3, -0.25) is 0 Å². The van der Waals surface area contributed by atoms with Crippen molar-refractivity contribution in [2.24, 2.45) is 0 Å². The van der Waals surface area contributed by atoms with Gasteiger partial charge in [0.2, 0.25) is 0 Å². The summed E-state index contributed by atoms with van der Waals surface area (Å²) in [6, 6.07) is 0. The smallest absolute Gasteiger partial charge is 0.180 e. The molecule has 0 N–H and O–H groups in total. The van der Waals surface area contributed by atoms with Gasteiger partial charge in [0.15, 0.2) is 25.2 Å². The molecule has 71 heavy (non-hydrogen) atoms. The highest BCUT2D eigenvalue weighted by Crippen LogP contribution is 2.18. The van der Waals surface area contributed by atoms with Gasteiger partial charge in [-0.1, -0.05) is 246 Å². The first-order chi connectivity index (χ1) is 35.1. The fraction of sp³-hybridized carbons (Fsp3) is 0.938. The van der Waals surface area contributed by atoms with Crippen LogP contribution in [0.5, 0.6) is 0 Å². The van der Waals surface area contributed by atoms with Crippen LogP contribution in [0.4, 0.5) is 0 Å². The van der Waals surface area contributed by atoms with E-state index in [1.165, 1.54) is 218 Å². The summed E-state index contributed by atoms with van der Waals surface area (Å²) in [6.45, 7) is 18.4. The molecular weight excluding hydrogens is 881 g/mol. The van der Waals surface area contributed by atoms with E-state index in [0.29, 0.717) is 0 Å². The van der Waals surface area contributed by atoms with E-state index in [1.54, 1.807) is 0 Å². The van der Waals surface area contributed by atoms with Crippen LogP contribution in [0.2, 0.25) is 0 Å². The van der Waals surface area contributed by atoms with Crippen molar-refractivity contribution in [3.63, 3.8) is 0 Å². The number of unbranched alkanes of at least 4 members (excludes halogenated alkanes) is 34. The minimum Gasteiger partial charge on any atom is -0.353 e. The van der Waals surface area contributed by atoms with E-state index in [4.69, 9.17) is 33.2 Å². The van der Waals surface area contributed by atoms with Crippen molar-refractivity contribution in [1.29, 1.82) is 0 Å². The van der Waals surface area contributed by atoms with E-state index in [0.717, 1.165) is 104 Å². The minimum absolute atomic E-state index is 0.00334. The topological polar surface area (TPSA) is 64.6 Å². The molecule has 7 nitrogen and oxygen atoms in total. The number of ether oxygens (including phenoxy) is 7. The van der Waals surface area contributed by atoms with Gasteiger partial charge in [0.1, 0.15) is 0 Å². The van der Waals surface area contributed by atoms with Gasteiger partial charge in [0.05, 0.1) is 13.2 Å². The standard InChI is InChI=1S/C64H126O7/c1-7-13-19-39-49-59-69-63(53-43-37-33-29-25-21-23-27-31-35-41-51-61(65-55-45-15-9-3)66-56-46-16-10-4)71-64(70-60-50-40-20-14-8-2)54-44-38-34-30-26-22-24-28-32-36-42-52-62(67-57-47-17-11-5)68-58-48-18-12-6/h43-44,53-54,61-64H,7-42,45-52,55-60H2,1-6H3.